The van der Waals surface area contributed by atoms with Crippen molar-refractivity contribution < 1.29 is 4.74 Å². The summed E-state index contributed by atoms with van der Waals surface area (Å²) in [5, 5.41) is 1.13. The molecule has 3 rings (SSSR count). The molecule has 2 N–H and O–H groups in total. The standard InChI is InChI=1S/C13H22N4OS.ClH/c1-10-7-16(9-12(10)14)8-11-6-15-13(19-11)17-2-4-18-5-3-17;/h6,10,12H,2-5,7-9,14H2,1H3;1H. The Morgan fingerprint density at radius 2 is 2.15 bits per heavy atom. The molecule has 7 heteroatoms. The fourth-order valence-corrected chi connectivity index (χ4v) is 3.72. The van der Waals surface area contributed by atoms with E-state index >= 15 is 0 Å². The van der Waals surface area contributed by atoms with Gasteiger partial charge in [0.05, 0.1) is 13.2 Å². The van der Waals surface area contributed by atoms with Crippen molar-refractivity contribution in [2.75, 3.05) is 44.3 Å². The number of likely N-dealkylation sites (tertiary alicyclic amines) is 1. The van der Waals surface area contributed by atoms with Crippen molar-refractivity contribution in [2.45, 2.75) is 19.5 Å². The van der Waals surface area contributed by atoms with Gasteiger partial charge in [0.15, 0.2) is 5.13 Å². The van der Waals surface area contributed by atoms with Crippen LogP contribution in [0.4, 0.5) is 5.13 Å². The van der Waals surface area contributed by atoms with E-state index in [9.17, 15) is 0 Å². The van der Waals surface area contributed by atoms with Gasteiger partial charge in [-0.05, 0) is 5.92 Å². The molecule has 0 aromatic carbocycles. The second kappa shape index (κ2) is 7.04. The van der Waals surface area contributed by atoms with Gasteiger partial charge in [0, 0.05) is 49.8 Å². The normalized spacial score (nSPS) is 27.6. The minimum atomic E-state index is 0. The van der Waals surface area contributed by atoms with Crippen molar-refractivity contribution in [2.24, 2.45) is 11.7 Å². The van der Waals surface area contributed by atoms with Crippen LogP contribution in [0.3, 0.4) is 0 Å². The molecule has 0 spiro atoms. The number of halogens is 1. The zero-order chi connectivity index (χ0) is 13.2. The number of hydrogen-bond donors (Lipinski definition) is 1. The maximum Gasteiger partial charge on any atom is 0.185 e. The van der Waals surface area contributed by atoms with E-state index in [0.29, 0.717) is 12.0 Å². The van der Waals surface area contributed by atoms with E-state index < -0.39 is 0 Å². The molecule has 114 valence electrons. The lowest BCUT2D eigenvalue weighted by atomic mass is 10.1. The lowest BCUT2D eigenvalue weighted by Crippen LogP contribution is -2.36. The molecule has 2 fully saturated rings. The van der Waals surface area contributed by atoms with E-state index in [2.05, 4.69) is 21.7 Å². The van der Waals surface area contributed by atoms with Crippen molar-refractivity contribution in [3.05, 3.63) is 11.1 Å². The summed E-state index contributed by atoms with van der Waals surface area (Å²) >= 11 is 1.81. The first-order chi connectivity index (χ1) is 9.22. The van der Waals surface area contributed by atoms with Gasteiger partial charge in [-0.3, -0.25) is 4.90 Å². The molecule has 0 saturated carbocycles. The van der Waals surface area contributed by atoms with Crippen molar-refractivity contribution in [3.8, 4) is 0 Å². The monoisotopic (exact) mass is 318 g/mol. The van der Waals surface area contributed by atoms with Gasteiger partial charge in [-0.15, -0.1) is 23.7 Å². The maximum absolute atomic E-state index is 6.07. The molecule has 0 aliphatic carbocycles. The Hall–Kier alpha value is -0.400. The molecule has 5 nitrogen and oxygen atoms in total. The highest BCUT2D eigenvalue weighted by Gasteiger charge is 2.27. The molecule has 20 heavy (non-hydrogen) atoms. The highest BCUT2D eigenvalue weighted by molar-refractivity contribution is 7.15. The fourth-order valence-electron chi connectivity index (χ4n) is 2.72. The first kappa shape index (κ1) is 16.0. The van der Waals surface area contributed by atoms with Gasteiger partial charge >= 0.3 is 0 Å². The van der Waals surface area contributed by atoms with Crippen LogP contribution in [0, 0.1) is 5.92 Å². The molecule has 2 aliphatic rings. The molecule has 0 amide bonds. The molecule has 1 aromatic rings. The smallest absolute Gasteiger partial charge is 0.185 e. The van der Waals surface area contributed by atoms with Gasteiger partial charge in [-0.2, -0.15) is 0 Å². The summed E-state index contributed by atoms with van der Waals surface area (Å²) in [5.74, 6) is 0.603. The highest BCUT2D eigenvalue weighted by Crippen LogP contribution is 2.26. The topological polar surface area (TPSA) is 54.6 Å². The first-order valence-corrected chi connectivity index (χ1v) is 7.79. The lowest BCUT2D eigenvalue weighted by molar-refractivity contribution is 0.122. The average molecular weight is 319 g/mol. The summed E-state index contributed by atoms with van der Waals surface area (Å²) in [6.07, 6.45) is 2.02. The lowest BCUT2D eigenvalue weighted by Gasteiger charge is -2.26. The molecule has 0 bridgehead atoms. The van der Waals surface area contributed by atoms with E-state index in [4.69, 9.17) is 10.5 Å². The predicted molar refractivity (Wildman–Crippen MR) is 84.8 cm³/mol. The van der Waals surface area contributed by atoms with Crippen molar-refractivity contribution >= 4 is 28.9 Å². The molecular formula is C13H23ClN4OS. The van der Waals surface area contributed by atoms with Crippen LogP contribution in [0.1, 0.15) is 11.8 Å². The van der Waals surface area contributed by atoms with Crippen LogP contribution in [0.2, 0.25) is 0 Å². The Morgan fingerprint density at radius 1 is 1.40 bits per heavy atom. The number of nitrogens with two attached hydrogens (primary N) is 1. The second-order valence-corrected chi connectivity index (χ2v) is 6.64. The van der Waals surface area contributed by atoms with Crippen LogP contribution in [0.25, 0.3) is 0 Å². The number of aromatic nitrogens is 1. The number of nitrogens with zero attached hydrogens (tertiary/aromatic N) is 3. The summed E-state index contributed by atoms with van der Waals surface area (Å²) in [7, 11) is 0. The van der Waals surface area contributed by atoms with E-state index in [-0.39, 0.29) is 12.4 Å². The third-order valence-corrected chi connectivity index (χ3v) is 4.99. The van der Waals surface area contributed by atoms with Crippen LogP contribution in [0.5, 0.6) is 0 Å². The number of rotatable bonds is 3. The predicted octanol–water partition coefficient (Wildman–Crippen LogP) is 1.18. The van der Waals surface area contributed by atoms with Crippen LogP contribution < -0.4 is 10.6 Å². The summed E-state index contributed by atoms with van der Waals surface area (Å²) in [4.78, 5) is 10.6. The van der Waals surface area contributed by atoms with Gasteiger partial charge in [0.25, 0.3) is 0 Å². The summed E-state index contributed by atoms with van der Waals surface area (Å²) < 4.78 is 5.37. The van der Waals surface area contributed by atoms with Gasteiger partial charge in [-0.1, -0.05) is 6.92 Å². The van der Waals surface area contributed by atoms with Gasteiger partial charge in [0.2, 0.25) is 0 Å². The Balaban J connectivity index is 0.00000147. The van der Waals surface area contributed by atoms with Gasteiger partial charge < -0.3 is 15.4 Å². The minimum absolute atomic E-state index is 0. The first-order valence-electron chi connectivity index (χ1n) is 6.97. The van der Waals surface area contributed by atoms with Gasteiger partial charge in [-0.25, -0.2) is 4.98 Å². The number of ether oxygens (including phenoxy) is 1. The van der Waals surface area contributed by atoms with Crippen molar-refractivity contribution in [3.63, 3.8) is 0 Å². The van der Waals surface area contributed by atoms with E-state index in [1.165, 1.54) is 4.88 Å². The Morgan fingerprint density at radius 3 is 2.80 bits per heavy atom. The Kier molecular flexibility index (Phi) is 5.63. The van der Waals surface area contributed by atoms with Crippen LogP contribution in [-0.2, 0) is 11.3 Å². The largest absolute Gasteiger partial charge is 0.378 e. The summed E-state index contributed by atoms with van der Waals surface area (Å²) in [6, 6.07) is 0.326. The van der Waals surface area contributed by atoms with E-state index in [1.54, 1.807) is 11.3 Å². The number of thiazole rings is 1. The Labute approximate surface area is 130 Å². The second-order valence-electron chi connectivity index (χ2n) is 5.54. The van der Waals surface area contributed by atoms with Crippen molar-refractivity contribution in [1.82, 2.24) is 9.88 Å². The van der Waals surface area contributed by atoms with Crippen LogP contribution in [0.15, 0.2) is 6.20 Å². The summed E-state index contributed by atoms with van der Waals surface area (Å²) in [6.45, 7) is 8.87. The molecular weight excluding hydrogens is 296 g/mol. The minimum Gasteiger partial charge on any atom is -0.378 e. The number of anilines is 1. The SMILES string of the molecule is CC1CN(Cc2cnc(N3CCOCC3)s2)CC1N.Cl. The molecule has 2 atom stereocenters. The van der Waals surface area contributed by atoms with Crippen molar-refractivity contribution in [1.29, 1.82) is 0 Å². The zero-order valence-corrected chi connectivity index (χ0v) is 13.5. The fraction of sp³-hybridized carbons (Fsp3) is 0.769. The summed E-state index contributed by atoms with van der Waals surface area (Å²) in [5.41, 5.74) is 6.07. The quantitative estimate of drug-likeness (QED) is 0.907. The molecule has 1 aromatic heterocycles. The molecule has 3 heterocycles. The van der Waals surface area contributed by atoms with E-state index in [0.717, 1.165) is 51.1 Å². The van der Waals surface area contributed by atoms with Gasteiger partial charge in [0.1, 0.15) is 0 Å². The number of hydrogen-bond acceptors (Lipinski definition) is 6. The molecule has 2 saturated heterocycles. The van der Waals surface area contributed by atoms with E-state index in [1.807, 2.05) is 6.20 Å². The van der Waals surface area contributed by atoms with Crippen LogP contribution >= 0.6 is 23.7 Å². The third-order valence-electron chi connectivity index (χ3n) is 3.95. The van der Waals surface area contributed by atoms with Crippen LogP contribution in [-0.4, -0.2) is 55.3 Å². The maximum atomic E-state index is 6.07. The third kappa shape index (κ3) is 3.62. The zero-order valence-electron chi connectivity index (χ0n) is 11.8. The number of morpholine rings is 1. The Bertz CT molecular complexity index is 414. The highest BCUT2D eigenvalue weighted by atomic mass is 35.5. The molecule has 0 radical (unpaired) electrons. The molecule has 2 unspecified atom stereocenters. The molecule has 2 aliphatic heterocycles. The average Bonchev–Trinajstić information content (AvgIpc) is 2.99.